The molecular formula is C17H14BrN3O4. The molecule has 0 saturated carbocycles. The summed E-state index contributed by atoms with van der Waals surface area (Å²) in [6, 6.07) is 15.0. The van der Waals surface area contributed by atoms with E-state index < -0.39 is 5.91 Å². The summed E-state index contributed by atoms with van der Waals surface area (Å²) in [5.41, 5.74) is 5.78. The maximum Gasteiger partial charge on any atom is 0.296 e. The number of carbonyl (C=O) groups excluding carboxylic acids is 1. The summed E-state index contributed by atoms with van der Waals surface area (Å²) in [7, 11) is 0. The van der Waals surface area contributed by atoms with Crippen LogP contribution in [0.15, 0.2) is 70.0 Å². The molecule has 0 unspecified atom stereocenters. The highest BCUT2D eigenvalue weighted by atomic mass is 79.9. The second kappa shape index (κ2) is 7.82. The topological polar surface area (TPSA) is 92.2 Å². The van der Waals surface area contributed by atoms with E-state index in [9.17, 15) is 4.79 Å². The lowest BCUT2D eigenvalue weighted by molar-refractivity contribution is -0.125. The Morgan fingerprint density at radius 3 is 2.60 bits per heavy atom. The summed E-state index contributed by atoms with van der Waals surface area (Å²) in [5.74, 6) is 0.392. The van der Waals surface area contributed by atoms with Gasteiger partial charge in [-0.3, -0.25) is 10.0 Å². The molecule has 3 N–H and O–H groups in total. The van der Waals surface area contributed by atoms with Crippen LogP contribution >= 0.6 is 15.9 Å². The van der Waals surface area contributed by atoms with E-state index in [1.165, 1.54) is 5.48 Å². The molecule has 0 bridgehead atoms. The molecule has 25 heavy (non-hydrogen) atoms. The van der Waals surface area contributed by atoms with Gasteiger partial charge in [0.05, 0.1) is 0 Å². The first-order valence-electron chi connectivity index (χ1n) is 7.28. The Hall–Kier alpha value is -2.84. The summed E-state index contributed by atoms with van der Waals surface area (Å²) in [4.78, 5) is 20.4. The summed E-state index contributed by atoms with van der Waals surface area (Å²) in [5, 5.41) is 8.65. The van der Waals surface area contributed by atoms with Gasteiger partial charge in [-0.2, -0.15) is 0 Å². The van der Waals surface area contributed by atoms with Crippen molar-refractivity contribution in [1.82, 2.24) is 11.0 Å². The number of benzene rings is 2. The smallest absolute Gasteiger partial charge is 0.296 e. The van der Waals surface area contributed by atoms with E-state index in [0.29, 0.717) is 12.4 Å². The van der Waals surface area contributed by atoms with Crippen LogP contribution in [-0.4, -0.2) is 17.0 Å². The van der Waals surface area contributed by atoms with Gasteiger partial charge in [-0.05, 0) is 29.8 Å². The van der Waals surface area contributed by atoms with Crippen molar-refractivity contribution in [2.75, 3.05) is 0 Å². The van der Waals surface area contributed by atoms with Crippen LogP contribution in [0.3, 0.4) is 0 Å². The van der Waals surface area contributed by atoms with E-state index in [1.807, 2.05) is 48.5 Å². The zero-order chi connectivity index (χ0) is 17.6. The van der Waals surface area contributed by atoms with Crippen molar-refractivity contribution in [2.24, 2.45) is 4.99 Å². The molecule has 0 fully saturated rings. The molecule has 128 valence electrons. The number of carbonyl (C=O) groups is 1. The minimum atomic E-state index is -0.751. The Kier molecular flexibility index (Phi) is 5.32. The highest BCUT2D eigenvalue weighted by Crippen LogP contribution is 2.18. The summed E-state index contributed by atoms with van der Waals surface area (Å²) in [6.07, 6.45) is 1.11. The maximum absolute atomic E-state index is 11.4. The molecule has 0 aromatic heterocycles. The monoisotopic (exact) mass is 403 g/mol. The Labute approximate surface area is 152 Å². The third-order valence-corrected chi connectivity index (χ3v) is 3.87. The van der Waals surface area contributed by atoms with Crippen LogP contribution in [-0.2, 0) is 16.2 Å². The maximum atomic E-state index is 11.4. The molecule has 0 atom stereocenters. The number of amidine groups is 1. The van der Waals surface area contributed by atoms with E-state index in [1.54, 1.807) is 0 Å². The lowest BCUT2D eigenvalue weighted by Gasteiger charge is -2.14. The second-order valence-electron chi connectivity index (χ2n) is 5.06. The second-order valence-corrected chi connectivity index (χ2v) is 5.98. The molecule has 0 spiro atoms. The highest BCUT2D eigenvalue weighted by Gasteiger charge is 2.15. The SMILES string of the molecule is O=C(NO)C1=CONC(c2ccc(COc3ccc(Br)cc3)cc2)=N1. The Morgan fingerprint density at radius 1 is 1.20 bits per heavy atom. The summed E-state index contributed by atoms with van der Waals surface area (Å²) in [6.45, 7) is 0.427. The van der Waals surface area contributed by atoms with Gasteiger partial charge in [-0.1, -0.05) is 40.2 Å². The largest absolute Gasteiger partial charge is 0.489 e. The van der Waals surface area contributed by atoms with Crippen LogP contribution in [0.5, 0.6) is 5.75 Å². The molecule has 1 amide bonds. The van der Waals surface area contributed by atoms with E-state index in [-0.39, 0.29) is 5.70 Å². The minimum absolute atomic E-state index is 0.0427. The number of hydroxylamine groups is 2. The quantitative estimate of drug-likeness (QED) is 0.527. The molecule has 0 radical (unpaired) electrons. The fourth-order valence-corrected chi connectivity index (χ4v) is 2.32. The van der Waals surface area contributed by atoms with Crippen LogP contribution in [0.4, 0.5) is 0 Å². The van der Waals surface area contributed by atoms with Gasteiger partial charge in [0.15, 0.2) is 17.8 Å². The van der Waals surface area contributed by atoms with Gasteiger partial charge in [0.1, 0.15) is 12.4 Å². The van der Waals surface area contributed by atoms with Crippen LogP contribution in [0.2, 0.25) is 0 Å². The minimum Gasteiger partial charge on any atom is -0.489 e. The normalized spacial score (nSPS) is 13.0. The number of halogens is 1. The Morgan fingerprint density at radius 2 is 1.92 bits per heavy atom. The average Bonchev–Trinajstić information content (AvgIpc) is 2.67. The number of ether oxygens (including phenoxy) is 1. The molecule has 0 saturated heterocycles. The fourth-order valence-electron chi connectivity index (χ4n) is 2.05. The summed E-state index contributed by atoms with van der Waals surface area (Å²) < 4.78 is 6.71. The number of hydrogen-bond donors (Lipinski definition) is 3. The summed E-state index contributed by atoms with van der Waals surface area (Å²) >= 11 is 3.38. The number of aliphatic imine (C=N–C) groups is 1. The first-order chi connectivity index (χ1) is 12.2. The zero-order valence-electron chi connectivity index (χ0n) is 12.9. The Balaban J connectivity index is 1.66. The molecule has 1 aliphatic heterocycles. The van der Waals surface area contributed by atoms with Crippen LogP contribution in [0, 0.1) is 0 Å². The molecule has 3 rings (SSSR count). The van der Waals surface area contributed by atoms with E-state index in [2.05, 4.69) is 26.4 Å². The number of hydrogen-bond acceptors (Lipinski definition) is 6. The van der Waals surface area contributed by atoms with Crippen molar-refractivity contribution in [3.05, 3.63) is 76.1 Å². The van der Waals surface area contributed by atoms with Gasteiger partial charge >= 0.3 is 0 Å². The number of nitrogens with one attached hydrogen (secondary N) is 2. The molecule has 2 aromatic carbocycles. The van der Waals surface area contributed by atoms with Crippen LogP contribution in [0.1, 0.15) is 11.1 Å². The van der Waals surface area contributed by atoms with Gasteiger partial charge < -0.3 is 9.57 Å². The predicted molar refractivity (Wildman–Crippen MR) is 93.7 cm³/mol. The van der Waals surface area contributed by atoms with Gasteiger partial charge in [0, 0.05) is 10.0 Å². The van der Waals surface area contributed by atoms with Crippen molar-refractivity contribution in [3.63, 3.8) is 0 Å². The van der Waals surface area contributed by atoms with E-state index in [4.69, 9.17) is 14.8 Å². The van der Waals surface area contributed by atoms with Gasteiger partial charge in [-0.25, -0.2) is 16.0 Å². The van der Waals surface area contributed by atoms with Crippen molar-refractivity contribution < 1.29 is 19.6 Å². The zero-order valence-corrected chi connectivity index (χ0v) is 14.5. The van der Waals surface area contributed by atoms with Gasteiger partial charge in [0.25, 0.3) is 5.91 Å². The average molecular weight is 404 g/mol. The number of rotatable bonds is 5. The van der Waals surface area contributed by atoms with Gasteiger partial charge in [-0.15, -0.1) is 0 Å². The van der Waals surface area contributed by atoms with E-state index >= 15 is 0 Å². The fraction of sp³-hybridized carbons (Fsp3) is 0.0588. The highest BCUT2D eigenvalue weighted by molar-refractivity contribution is 9.10. The number of nitrogens with zero attached hydrogens (tertiary/aromatic N) is 1. The molecule has 1 heterocycles. The predicted octanol–water partition coefficient (Wildman–Crippen LogP) is 2.66. The Bertz CT molecular complexity index is 817. The molecule has 1 aliphatic rings. The van der Waals surface area contributed by atoms with E-state index in [0.717, 1.165) is 27.6 Å². The standard InChI is InChI=1S/C17H14BrN3O4/c18-13-5-7-14(8-6-13)24-9-11-1-3-12(4-2-11)16-19-15(10-25-21-16)17(22)20-23/h1-8,10,23H,9H2,(H,19,21)(H,20,22). The first kappa shape index (κ1) is 17.0. The first-order valence-corrected chi connectivity index (χ1v) is 8.07. The third kappa shape index (κ3) is 4.37. The lowest BCUT2D eigenvalue weighted by atomic mass is 10.1. The lowest BCUT2D eigenvalue weighted by Crippen LogP contribution is -2.30. The van der Waals surface area contributed by atoms with Crippen molar-refractivity contribution >= 4 is 27.7 Å². The third-order valence-electron chi connectivity index (χ3n) is 3.34. The van der Waals surface area contributed by atoms with Crippen molar-refractivity contribution in [3.8, 4) is 5.75 Å². The van der Waals surface area contributed by atoms with Crippen LogP contribution in [0.25, 0.3) is 0 Å². The van der Waals surface area contributed by atoms with Crippen molar-refractivity contribution in [2.45, 2.75) is 6.61 Å². The molecule has 7 nitrogen and oxygen atoms in total. The molecule has 0 aliphatic carbocycles. The van der Waals surface area contributed by atoms with Gasteiger partial charge in [0.2, 0.25) is 0 Å². The molecular weight excluding hydrogens is 390 g/mol. The number of amides is 1. The molecule has 2 aromatic rings. The molecule has 8 heteroatoms. The van der Waals surface area contributed by atoms with Crippen molar-refractivity contribution in [1.29, 1.82) is 0 Å². The van der Waals surface area contributed by atoms with Crippen LogP contribution < -0.4 is 15.7 Å².